The SMILES string of the molecule is CCOc1cc(-c2nc(N)c3c(n2)CCCC3)ccc1O. The molecule has 0 amide bonds. The molecule has 110 valence electrons. The van der Waals surface area contributed by atoms with Crippen LogP contribution in [-0.2, 0) is 12.8 Å². The molecule has 1 aliphatic carbocycles. The van der Waals surface area contributed by atoms with E-state index in [0.717, 1.165) is 42.5 Å². The van der Waals surface area contributed by atoms with Crippen molar-refractivity contribution in [1.82, 2.24) is 9.97 Å². The minimum atomic E-state index is 0.117. The first-order valence-corrected chi connectivity index (χ1v) is 7.30. The zero-order chi connectivity index (χ0) is 14.8. The lowest BCUT2D eigenvalue weighted by atomic mass is 9.96. The van der Waals surface area contributed by atoms with E-state index in [-0.39, 0.29) is 5.75 Å². The molecule has 5 heteroatoms. The van der Waals surface area contributed by atoms with Crippen molar-refractivity contribution in [1.29, 1.82) is 0 Å². The highest BCUT2D eigenvalue weighted by molar-refractivity contribution is 5.63. The van der Waals surface area contributed by atoms with E-state index in [4.69, 9.17) is 10.5 Å². The van der Waals surface area contributed by atoms with Crippen molar-refractivity contribution in [2.24, 2.45) is 0 Å². The average molecular weight is 285 g/mol. The van der Waals surface area contributed by atoms with E-state index in [2.05, 4.69) is 9.97 Å². The van der Waals surface area contributed by atoms with Crippen molar-refractivity contribution < 1.29 is 9.84 Å². The minimum absolute atomic E-state index is 0.117. The molecule has 21 heavy (non-hydrogen) atoms. The van der Waals surface area contributed by atoms with Crippen LogP contribution in [0.4, 0.5) is 5.82 Å². The van der Waals surface area contributed by atoms with Crippen LogP contribution in [0.2, 0.25) is 0 Å². The number of aromatic hydroxyl groups is 1. The van der Waals surface area contributed by atoms with Gasteiger partial charge in [0.1, 0.15) is 5.82 Å². The van der Waals surface area contributed by atoms with E-state index in [1.807, 2.05) is 6.92 Å². The second-order valence-corrected chi connectivity index (χ2v) is 5.18. The Hall–Kier alpha value is -2.30. The highest BCUT2D eigenvalue weighted by atomic mass is 16.5. The van der Waals surface area contributed by atoms with Crippen molar-refractivity contribution >= 4 is 5.82 Å². The van der Waals surface area contributed by atoms with Crippen LogP contribution in [0.15, 0.2) is 18.2 Å². The molecule has 2 aromatic rings. The summed E-state index contributed by atoms with van der Waals surface area (Å²) in [5.74, 6) is 1.72. The molecule has 1 heterocycles. The van der Waals surface area contributed by atoms with Gasteiger partial charge in [0, 0.05) is 16.8 Å². The highest BCUT2D eigenvalue weighted by Crippen LogP contribution is 2.32. The predicted molar refractivity (Wildman–Crippen MR) is 81.4 cm³/mol. The lowest BCUT2D eigenvalue weighted by Gasteiger charge is -2.17. The van der Waals surface area contributed by atoms with Crippen LogP contribution in [0, 0.1) is 0 Å². The Balaban J connectivity index is 2.04. The third kappa shape index (κ3) is 2.63. The fraction of sp³-hybridized carbons (Fsp3) is 0.375. The molecule has 5 nitrogen and oxygen atoms in total. The van der Waals surface area contributed by atoms with Crippen LogP contribution < -0.4 is 10.5 Å². The average Bonchev–Trinajstić information content (AvgIpc) is 2.50. The lowest BCUT2D eigenvalue weighted by Crippen LogP contribution is -2.11. The molecular formula is C16H19N3O2. The molecule has 0 spiro atoms. The number of benzene rings is 1. The molecule has 0 bridgehead atoms. The molecule has 0 unspecified atom stereocenters. The van der Waals surface area contributed by atoms with Crippen molar-refractivity contribution in [2.45, 2.75) is 32.6 Å². The number of anilines is 1. The molecule has 0 aliphatic heterocycles. The number of phenols is 1. The number of fused-ring (bicyclic) bond motifs is 1. The Labute approximate surface area is 123 Å². The van der Waals surface area contributed by atoms with E-state index >= 15 is 0 Å². The second-order valence-electron chi connectivity index (χ2n) is 5.18. The van der Waals surface area contributed by atoms with Gasteiger partial charge in [0.05, 0.1) is 6.61 Å². The van der Waals surface area contributed by atoms with Gasteiger partial charge in [-0.2, -0.15) is 0 Å². The number of nitrogens with zero attached hydrogens (tertiary/aromatic N) is 2. The molecule has 3 rings (SSSR count). The van der Waals surface area contributed by atoms with Crippen LogP contribution in [-0.4, -0.2) is 21.7 Å². The van der Waals surface area contributed by atoms with Gasteiger partial charge in [-0.15, -0.1) is 0 Å². The number of rotatable bonds is 3. The third-order valence-electron chi connectivity index (χ3n) is 3.73. The number of nitrogens with two attached hydrogens (primary N) is 1. The number of hydrogen-bond donors (Lipinski definition) is 2. The van der Waals surface area contributed by atoms with Gasteiger partial charge in [-0.05, 0) is 50.8 Å². The van der Waals surface area contributed by atoms with Crippen LogP contribution >= 0.6 is 0 Å². The topological polar surface area (TPSA) is 81.3 Å². The summed E-state index contributed by atoms with van der Waals surface area (Å²) in [5, 5.41) is 9.77. The van der Waals surface area contributed by atoms with E-state index in [1.165, 1.54) is 0 Å². The lowest BCUT2D eigenvalue weighted by molar-refractivity contribution is 0.318. The van der Waals surface area contributed by atoms with Crippen LogP contribution in [0.25, 0.3) is 11.4 Å². The number of hydrogen-bond acceptors (Lipinski definition) is 5. The van der Waals surface area contributed by atoms with Crippen molar-refractivity contribution in [3.8, 4) is 22.9 Å². The summed E-state index contributed by atoms with van der Waals surface area (Å²) < 4.78 is 5.40. The van der Waals surface area contributed by atoms with E-state index in [9.17, 15) is 5.11 Å². The predicted octanol–water partition coefficient (Wildman–Crippen LogP) is 2.71. The molecule has 1 aromatic carbocycles. The van der Waals surface area contributed by atoms with Crippen LogP contribution in [0.3, 0.4) is 0 Å². The number of phenolic OH excluding ortho intramolecular Hbond substituents is 1. The van der Waals surface area contributed by atoms with Gasteiger partial charge < -0.3 is 15.6 Å². The molecule has 3 N–H and O–H groups in total. The standard InChI is InChI=1S/C16H19N3O2/c1-2-21-14-9-10(7-8-13(14)20)16-18-12-6-4-3-5-11(12)15(17)19-16/h7-9,20H,2-6H2,1H3,(H2,17,18,19). The molecule has 1 aliphatic rings. The summed E-state index contributed by atoms with van der Waals surface area (Å²) in [4.78, 5) is 9.06. The smallest absolute Gasteiger partial charge is 0.161 e. The zero-order valence-electron chi connectivity index (χ0n) is 12.1. The van der Waals surface area contributed by atoms with E-state index in [0.29, 0.717) is 24.0 Å². The first-order chi connectivity index (χ1) is 10.2. The Morgan fingerprint density at radius 3 is 2.86 bits per heavy atom. The zero-order valence-corrected chi connectivity index (χ0v) is 12.1. The first kappa shape index (κ1) is 13.7. The number of aromatic nitrogens is 2. The van der Waals surface area contributed by atoms with Gasteiger partial charge in [-0.1, -0.05) is 0 Å². The summed E-state index contributed by atoms with van der Waals surface area (Å²) in [7, 11) is 0. The van der Waals surface area contributed by atoms with Gasteiger partial charge in [0.2, 0.25) is 0 Å². The fourth-order valence-corrected chi connectivity index (χ4v) is 2.68. The summed E-state index contributed by atoms with van der Waals surface area (Å²) in [6.07, 6.45) is 4.20. The van der Waals surface area contributed by atoms with Gasteiger partial charge >= 0.3 is 0 Å². The molecule has 1 aromatic heterocycles. The number of aryl methyl sites for hydroxylation is 1. The van der Waals surface area contributed by atoms with Crippen molar-refractivity contribution in [2.75, 3.05) is 12.3 Å². The normalized spacial score (nSPS) is 13.8. The van der Waals surface area contributed by atoms with Gasteiger partial charge in [0.25, 0.3) is 0 Å². The molecule has 0 saturated carbocycles. The third-order valence-corrected chi connectivity index (χ3v) is 3.73. The Bertz CT molecular complexity index is 671. The Kier molecular flexibility index (Phi) is 3.64. The second kappa shape index (κ2) is 5.60. The minimum Gasteiger partial charge on any atom is -0.504 e. The molecule has 0 atom stereocenters. The molecular weight excluding hydrogens is 266 g/mol. The van der Waals surface area contributed by atoms with E-state index < -0.39 is 0 Å². The van der Waals surface area contributed by atoms with Crippen LogP contribution in [0.1, 0.15) is 31.0 Å². The summed E-state index contributed by atoms with van der Waals surface area (Å²) in [5.41, 5.74) is 9.02. The maximum absolute atomic E-state index is 9.77. The summed E-state index contributed by atoms with van der Waals surface area (Å²) in [6.45, 7) is 2.36. The maximum atomic E-state index is 9.77. The highest BCUT2D eigenvalue weighted by Gasteiger charge is 2.17. The quantitative estimate of drug-likeness (QED) is 0.906. The fourth-order valence-electron chi connectivity index (χ4n) is 2.68. The molecule has 0 saturated heterocycles. The largest absolute Gasteiger partial charge is 0.504 e. The monoisotopic (exact) mass is 285 g/mol. The van der Waals surface area contributed by atoms with E-state index in [1.54, 1.807) is 18.2 Å². The van der Waals surface area contributed by atoms with Crippen molar-refractivity contribution in [3.05, 3.63) is 29.5 Å². The summed E-state index contributed by atoms with van der Waals surface area (Å²) >= 11 is 0. The number of nitrogen functional groups attached to an aromatic ring is 1. The van der Waals surface area contributed by atoms with Gasteiger partial charge in [0.15, 0.2) is 17.3 Å². The van der Waals surface area contributed by atoms with Crippen LogP contribution in [0.5, 0.6) is 11.5 Å². The van der Waals surface area contributed by atoms with Crippen molar-refractivity contribution in [3.63, 3.8) is 0 Å². The molecule has 0 fully saturated rings. The Morgan fingerprint density at radius 2 is 2.05 bits per heavy atom. The Morgan fingerprint density at radius 1 is 1.24 bits per heavy atom. The maximum Gasteiger partial charge on any atom is 0.161 e. The van der Waals surface area contributed by atoms with Gasteiger partial charge in [-0.25, -0.2) is 9.97 Å². The summed E-state index contributed by atoms with van der Waals surface area (Å²) in [6, 6.07) is 5.13. The van der Waals surface area contributed by atoms with Gasteiger partial charge in [-0.3, -0.25) is 0 Å². The molecule has 0 radical (unpaired) electrons. The number of ether oxygens (including phenoxy) is 1. The first-order valence-electron chi connectivity index (χ1n) is 7.30.